The largest absolute Gasteiger partial charge is 0.478 e. The first-order chi connectivity index (χ1) is 6.93. The first-order valence-corrected chi connectivity index (χ1v) is 4.74. The van der Waals surface area contributed by atoms with Crippen molar-refractivity contribution in [1.29, 1.82) is 0 Å². The van der Waals surface area contributed by atoms with Gasteiger partial charge in [-0.15, -0.1) is 0 Å². The monoisotopic (exact) mass is 213 g/mol. The summed E-state index contributed by atoms with van der Waals surface area (Å²) in [6.07, 6.45) is 1.93. The molecule has 5 nitrogen and oxygen atoms in total. The van der Waals surface area contributed by atoms with Gasteiger partial charge in [0, 0.05) is 18.7 Å². The predicted octanol–water partition coefficient (Wildman–Crippen LogP) is 0.265. The lowest BCUT2D eigenvalue weighted by molar-refractivity contribution is -0.141. The van der Waals surface area contributed by atoms with Crippen LogP contribution in [0.2, 0.25) is 0 Å². The number of carboxylic acids is 1. The molecule has 84 valence electrons. The van der Waals surface area contributed by atoms with Crippen molar-refractivity contribution in [1.82, 2.24) is 4.90 Å². The molecule has 0 aromatic heterocycles. The fourth-order valence-corrected chi connectivity index (χ4v) is 1.50. The van der Waals surface area contributed by atoms with E-state index in [0.29, 0.717) is 19.8 Å². The predicted molar refractivity (Wildman–Crippen MR) is 53.4 cm³/mol. The van der Waals surface area contributed by atoms with Crippen LogP contribution in [0.5, 0.6) is 0 Å². The Labute approximate surface area is 88.3 Å². The van der Waals surface area contributed by atoms with E-state index in [-0.39, 0.29) is 11.4 Å². The van der Waals surface area contributed by atoms with E-state index in [1.807, 2.05) is 13.8 Å². The Bertz CT molecular complexity index is 296. The van der Waals surface area contributed by atoms with Gasteiger partial charge in [-0.1, -0.05) is 0 Å². The molecule has 1 saturated heterocycles. The van der Waals surface area contributed by atoms with Crippen LogP contribution >= 0.6 is 0 Å². The molecule has 1 aliphatic rings. The third-order valence-electron chi connectivity index (χ3n) is 2.28. The molecule has 0 aromatic carbocycles. The lowest BCUT2D eigenvalue weighted by atomic mass is 10.0. The van der Waals surface area contributed by atoms with Crippen LogP contribution in [0.1, 0.15) is 13.8 Å². The van der Waals surface area contributed by atoms with Gasteiger partial charge in [-0.05, 0) is 13.8 Å². The molecule has 0 saturated carbocycles. The normalized spacial score (nSPS) is 20.5. The fraction of sp³-hybridized carbons (Fsp3) is 0.600. The number of amides is 1. The zero-order valence-corrected chi connectivity index (χ0v) is 8.90. The number of hydrogen-bond donors (Lipinski definition) is 1. The van der Waals surface area contributed by atoms with Crippen LogP contribution in [0.15, 0.2) is 12.2 Å². The van der Waals surface area contributed by atoms with E-state index in [1.54, 1.807) is 4.90 Å². The van der Waals surface area contributed by atoms with Crippen molar-refractivity contribution in [2.45, 2.75) is 19.4 Å². The number of carbonyl (C=O) groups is 2. The molecule has 0 radical (unpaired) electrons. The number of carbonyl (C=O) groups excluding carboxylic acids is 1. The summed E-state index contributed by atoms with van der Waals surface area (Å²) in [7, 11) is 0. The second-order valence-electron chi connectivity index (χ2n) is 4.03. The Kier molecular flexibility index (Phi) is 3.47. The van der Waals surface area contributed by atoms with E-state index in [2.05, 4.69) is 0 Å². The molecule has 0 atom stereocenters. The van der Waals surface area contributed by atoms with Gasteiger partial charge in [-0.3, -0.25) is 4.79 Å². The third kappa shape index (κ3) is 3.06. The Hall–Kier alpha value is -1.36. The number of ether oxygens (including phenoxy) is 1. The van der Waals surface area contributed by atoms with Crippen molar-refractivity contribution in [3.8, 4) is 0 Å². The zero-order chi connectivity index (χ0) is 11.5. The van der Waals surface area contributed by atoms with Crippen LogP contribution in [0.25, 0.3) is 0 Å². The van der Waals surface area contributed by atoms with E-state index < -0.39 is 5.97 Å². The average molecular weight is 213 g/mol. The molecule has 0 bridgehead atoms. The highest BCUT2D eigenvalue weighted by atomic mass is 16.5. The van der Waals surface area contributed by atoms with Gasteiger partial charge in [0.25, 0.3) is 0 Å². The molecular weight excluding hydrogens is 198 g/mol. The summed E-state index contributed by atoms with van der Waals surface area (Å²) < 4.78 is 5.26. The second kappa shape index (κ2) is 4.44. The van der Waals surface area contributed by atoms with Crippen LogP contribution in [-0.2, 0) is 14.3 Å². The summed E-state index contributed by atoms with van der Waals surface area (Å²) >= 11 is 0. The van der Waals surface area contributed by atoms with Gasteiger partial charge in [-0.2, -0.15) is 0 Å². The second-order valence-corrected chi connectivity index (χ2v) is 4.03. The van der Waals surface area contributed by atoms with Crippen molar-refractivity contribution in [2.75, 3.05) is 19.8 Å². The molecule has 0 aliphatic carbocycles. The van der Waals surface area contributed by atoms with E-state index in [9.17, 15) is 9.59 Å². The lowest BCUT2D eigenvalue weighted by Gasteiger charge is -2.41. The molecule has 0 spiro atoms. The molecule has 1 fully saturated rings. The quantitative estimate of drug-likeness (QED) is 0.668. The maximum absolute atomic E-state index is 11.6. The summed E-state index contributed by atoms with van der Waals surface area (Å²) in [6.45, 7) is 5.24. The molecule has 1 amide bonds. The van der Waals surface area contributed by atoms with Crippen molar-refractivity contribution in [3.05, 3.63) is 12.2 Å². The Morgan fingerprint density at radius 3 is 2.60 bits per heavy atom. The molecule has 1 aliphatic heterocycles. The number of hydrogen-bond acceptors (Lipinski definition) is 3. The van der Waals surface area contributed by atoms with E-state index in [1.165, 1.54) is 0 Å². The molecule has 5 heteroatoms. The first kappa shape index (κ1) is 11.7. The van der Waals surface area contributed by atoms with Gasteiger partial charge >= 0.3 is 5.97 Å². The van der Waals surface area contributed by atoms with Gasteiger partial charge in [0.2, 0.25) is 5.91 Å². The van der Waals surface area contributed by atoms with Crippen molar-refractivity contribution in [3.63, 3.8) is 0 Å². The van der Waals surface area contributed by atoms with Crippen LogP contribution in [0.3, 0.4) is 0 Å². The van der Waals surface area contributed by atoms with Crippen LogP contribution in [0.4, 0.5) is 0 Å². The molecule has 1 N–H and O–H groups in total. The van der Waals surface area contributed by atoms with E-state index in [0.717, 1.165) is 12.2 Å². The average Bonchev–Trinajstić information content (AvgIpc) is 2.13. The van der Waals surface area contributed by atoms with Crippen LogP contribution in [-0.4, -0.2) is 47.2 Å². The number of morpholine rings is 1. The molecule has 1 rings (SSSR count). The number of aliphatic carboxylic acids is 1. The van der Waals surface area contributed by atoms with Crippen molar-refractivity contribution >= 4 is 11.9 Å². The van der Waals surface area contributed by atoms with Gasteiger partial charge in [0.05, 0.1) is 18.8 Å². The topological polar surface area (TPSA) is 66.8 Å². The van der Waals surface area contributed by atoms with E-state index in [4.69, 9.17) is 9.84 Å². The van der Waals surface area contributed by atoms with Crippen LogP contribution in [0, 0.1) is 0 Å². The Morgan fingerprint density at radius 2 is 2.07 bits per heavy atom. The number of nitrogens with zero attached hydrogens (tertiary/aromatic N) is 1. The highest BCUT2D eigenvalue weighted by molar-refractivity contribution is 5.94. The Morgan fingerprint density at radius 1 is 1.40 bits per heavy atom. The fourth-order valence-electron chi connectivity index (χ4n) is 1.50. The van der Waals surface area contributed by atoms with Crippen molar-refractivity contribution in [2.24, 2.45) is 0 Å². The highest BCUT2D eigenvalue weighted by Crippen LogP contribution is 2.19. The minimum atomic E-state index is -1.12. The number of carboxylic acid groups (broad SMARTS) is 1. The van der Waals surface area contributed by atoms with Gasteiger partial charge in [0.15, 0.2) is 0 Å². The zero-order valence-electron chi connectivity index (χ0n) is 8.90. The molecule has 0 unspecified atom stereocenters. The Balaban J connectivity index is 2.69. The smallest absolute Gasteiger partial charge is 0.328 e. The minimum Gasteiger partial charge on any atom is -0.478 e. The summed E-state index contributed by atoms with van der Waals surface area (Å²) in [5.41, 5.74) is -0.377. The standard InChI is InChI=1S/C10H15NO4/c1-10(2)7-15-6-5-11(10)8(12)3-4-9(13)14/h3-4H,5-7H2,1-2H3,(H,13,14). The minimum absolute atomic E-state index is 0.286. The maximum Gasteiger partial charge on any atom is 0.328 e. The molecular formula is C10H15NO4. The van der Waals surface area contributed by atoms with Gasteiger partial charge < -0.3 is 14.7 Å². The van der Waals surface area contributed by atoms with E-state index >= 15 is 0 Å². The van der Waals surface area contributed by atoms with Gasteiger partial charge in [-0.25, -0.2) is 4.79 Å². The van der Waals surface area contributed by atoms with Crippen molar-refractivity contribution < 1.29 is 19.4 Å². The summed E-state index contributed by atoms with van der Waals surface area (Å²) in [5.74, 6) is -1.40. The maximum atomic E-state index is 11.6. The summed E-state index contributed by atoms with van der Waals surface area (Å²) in [5, 5.41) is 8.41. The lowest BCUT2D eigenvalue weighted by Crippen LogP contribution is -2.55. The highest BCUT2D eigenvalue weighted by Gasteiger charge is 2.32. The summed E-state index contributed by atoms with van der Waals surface area (Å²) in [6, 6.07) is 0. The molecule has 0 aromatic rings. The molecule has 1 heterocycles. The SMILES string of the molecule is CC1(C)COCCN1C(=O)C=CC(=O)O. The molecule has 15 heavy (non-hydrogen) atoms. The third-order valence-corrected chi connectivity index (χ3v) is 2.28. The first-order valence-electron chi connectivity index (χ1n) is 4.74. The summed E-state index contributed by atoms with van der Waals surface area (Å²) in [4.78, 5) is 23.5. The van der Waals surface area contributed by atoms with Gasteiger partial charge in [0.1, 0.15) is 0 Å². The number of rotatable bonds is 2. The van der Waals surface area contributed by atoms with Crippen LogP contribution < -0.4 is 0 Å².